The summed E-state index contributed by atoms with van der Waals surface area (Å²) in [6.45, 7) is 1.95. The van der Waals surface area contributed by atoms with Crippen molar-refractivity contribution in [2.45, 2.75) is 38.3 Å². The van der Waals surface area contributed by atoms with E-state index in [9.17, 15) is 5.11 Å². The highest BCUT2D eigenvalue weighted by Gasteiger charge is 2.26. The first-order chi connectivity index (χ1) is 4.74. The van der Waals surface area contributed by atoms with E-state index < -0.39 is 6.29 Å². The van der Waals surface area contributed by atoms with Crippen molar-refractivity contribution < 1.29 is 14.6 Å². The molecule has 1 aliphatic rings. The molecule has 1 aliphatic heterocycles. The average molecular weight is 146 g/mol. The Balaban J connectivity index is 2.36. The van der Waals surface area contributed by atoms with Crippen molar-refractivity contribution in [1.82, 2.24) is 0 Å². The van der Waals surface area contributed by atoms with Crippen molar-refractivity contribution in [3.8, 4) is 0 Å². The normalized spacial score (nSPS) is 41.7. The van der Waals surface area contributed by atoms with Crippen LogP contribution in [0.3, 0.4) is 0 Å². The summed E-state index contributed by atoms with van der Waals surface area (Å²) in [7, 11) is 1.59. The van der Waals surface area contributed by atoms with Gasteiger partial charge in [0.1, 0.15) is 6.10 Å². The maximum absolute atomic E-state index is 9.19. The molecular weight excluding hydrogens is 132 g/mol. The fourth-order valence-corrected chi connectivity index (χ4v) is 1.17. The van der Waals surface area contributed by atoms with E-state index >= 15 is 0 Å². The van der Waals surface area contributed by atoms with Gasteiger partial charge in [0, 0.05) is 7.11 Å². The third-order valence-corrected chi connectivity index (χ3v) is 1.85. The van der Waals surface area contributed by atoms with Crippen molar-refractivity contribution in [1.29, 1.82) is 0 Å². The van der Waals surface area contributed by atoms with Crippen LogP contribution in [0.1, 0.15) is 19.8 Å². The molecule has 0 aromatic rings. The minimum absolute atomic E-state index is 0.129. The number of hydrogen-bond acceptors (Lipinski definition) is 3. The Bertz CT molecular complexity index is 105. The summed E-state index contributed by atoms with van der Waals surface area (Å²) in [6.07, 6.45) is 1.17. The second kappa shape index (κ2) is 3.32. The van der Waals surface area contributed by atoms with Gasteiger partial charge in [0.25, 0.3) is 0 Å². The predicted molar refractivity (Wildman–Crippen MR) is 36.6 cm³/mol. The highest BCUT2D eigenvalue weighted by atomic mass is 16.6. The van der Waals surface area contributed by atoms with Crippen LogP contribution in [0, 0.1) is 0 Å². The molecule has 0 radical (unpaired) electrons. The number of aliphatic hydroxyl groups is 1. The fourth-order valence-electron chi connectivity index (χ4n) is 1.17. The van der Waals surface area contributed by atoms with Crippen LogP contribution in [0.5, 0.6) is 0 Å². The molecule has 1 unspecified atom stereocenters. The number of hydrogen-bond donors (Lipinski definition) is 1. The lowest BCUT2D eigenvalue weighted by Gasteiger charge is -2.30. The average Bonchev–Trinajstić information content (AvgIpc) is 1.88. The Morgan fingerprint density at radius 1 is 1.50 bits per heavy atom. The zero-order chi connectivity index (χ0) is 7.56. The second-order valence-corrected chi connectivity index (χ2v) is 2.69. The molecule has 0 aromatic heterocycles. The smallest absolute Gasteiger partial charge is 0.181 e. The summed E-state index contributed by atoms with van der Waals surface area (Å²) in [5.41, 5.74) is 0. The molecular formula is C7H14O3. The molecule has 0 amide bonds. The van der Waals surface area contributed by atoms with Gasteiger partial charge >= 0.3 is 0 Å². The van der Waals surface area contributed by atoms with Gasteiger partial charge in [0.15, 0.2) is 6.29 Å². The van der Waals surface area contributed by atoms with E-state index in [1.807, 2.05) is 6.92 Å². The highest BCUT2D eigenvalue weighted by Crippen LogP contribution is 2.19. The zero-order valence-electron chi connectivity index (χ0n) is 6.41. The largest absolute Gasteiger partial charge is 0.376 e. The van der Waals surface area contributed by atoms with E-state index in [4.69, 9.17) is 9.47 Å². The Kier molecular flexibility index (Phi) is 2.65. The van der Waals surface area contributed by atoms with E-state index in [0.717, 1.165) is 12.8 Å². The SMILES string of the molecule is CO[C@@H]1CCC(C)O[C@H]1O. The van der Waals surface area contributed by atoms with Crippen molar-refractivity contribution in [3.63, 3.8) is 0 Å². The maximum atomic E-state index is 9.19. The molecule has 1 fully saturated rings. The Morgan fingerprint density at radius 2 is 2.20 bits per heavy atom. The molecule has 1 heterocycles. The van der Waals surface area contributed by atoms with Gasteiger partial charge in [0.2, 0.25) is 0 Å². The Hall–Kier alpha value is -0.120. The van der Waals surface area contributed by atoms with Gasteiger partial charge < -0.3 is 14.6 Å². The lowest BCUT2D eigenvalue weighted by atomic mass is 10.1. The second-order valence-electron chi connectivity index (χ2n) is 2.69. The Morgan fingerprint density at radius 3 is 2.70 bits per heavy atom. The van der Waals surface area contributed by atoms with Gasteiger partial charge in [0.05, 0.1) is 6.10 Å². The van der Waals surface area contributed by atoms with Crippen LogP contribution >= 0.6 is 0 Å². The zero-order valence-corrected chi connectivity index (χ0v) is 6.41. The Labute approximate surface area is 60.9 Å². The monoisotopic (exact) mass is 146 g/mol. The highest BCUT2D eigenvalue weighted by molar-refractivity contribution is 4.70. The first-order valence-electron chi connectivity index (χ1n) is 3.60. The standard InChI is InChI=1S/C7H14O3/c1-5-3-4-6(9-2)7(8)10-5/h5-8H,3-4H2,1-2H3/t5?,6-,7-/m1/s1. The molecule has 60 valence electrons. The third kappa shape index (κ3) is 1.68. The predicted octanol–water partition coefficient (Wildman–Crippen LogP) is 0.519. The van der Waals surface area contributed by atoms with Gasteiger partial charge in [-0.15, -0.1) is 0 Å². The van der Waals surface area contributed by atoms with E-state index in [1.54, 1.807) is 7.11 Å². The minimum atomic E-state index is -0.728. The molecule has 3 atom stereocenters. The van der Waals surface area contributed by atoms with Gasteiger partial charge in [-0.3, -0.25) is 0 Å². The molecule has 0 aliphatic carbocycles. The topological polar surface area (TPSA) is 38.7 Å². The van der Waals surface area contributed by atoms with Crippen molar-refractivity contribution in [3.05, 3.63) is 0 Å². The van der Waals surface area contributed by atoms with Crippen LogP contribution in [0.4, 0.5) is 0 Å². The van der Waals surface area contributed by atoms with Crippen molar-refractivity contribution >= 4 is 0 Å². The molecule has 0 aromatic carbocycles. The molecule has 1 N–H and O–H groups in total. The van der Waals surface area contributed by atoms with E-state index in [0.29, 0.717) is 0 Å². The molecule has 1 saturated heterocycles. The van der Waals surface area contributed by atoms with Crippen LogP contribution in [-0.2, 0) is 9.47 Å². The summed E-state index contributed by atoms with van der Waals surface area (Å²) >= 11 is 0. The van der Waals surface area contributed by atoms with Gasteiger partial charge in [-0.25, -0.2) is 0 Å². The summed E-state index contributed by atoms with van der Waals surface area (Å²) in [5, 5.41) is 9.19. The maximum Gasteiger partial charge on any atom is 0.181 e. The molecule has 3 nitrogen and oxygen atoms in total. The molecule has 0 spiro atoms. The summed E-state index contributed by atoms with van der Waals surface area (Å²) in [4.78, 5) is 0. The van der Waals surface area contributed by atoms with E-state index in [2.05, 4.69) is 0 Å². The van der Waals surface area contributed by atoms with E-state index in [-0.39, 0.29) is 12.2 Å². The number of aliphatic hydroxyl groups excluding tert-OH is 1. The van der Waals surface area contributed by atoms with Crippen LogP contribution in [0.2, 0.25) is 0 Å². The van der Waals surface area contributed by atoms with Crippen LogP contribution in [-0.4, -0.2) is 30.7 Å². The molecule has 1 rings (SSSR count). The van der Waals surface area contributed by atoms with Crippen LogP contribution in [0.25, 0.3) is 0 Å². The molecule has 10 heavy (non-hydrogen) atoms. The van der Waals surface area contributed by atoms with Gasteiger partial charge in [-0.2, -0.15) is 0 Å². The fraction of sp³-hybridized carbons (Fsp3) is 1.00. The summed E-state index contributed by atoms with van der Waals surface area (Å²) in [5.74, 6) is 0. The summed E-state index contributed by atoms with van der Waals surface area (Å²) in [6, 6.07) is 0. The van der Waals surface area contributed by atoms with Crippen LogP contribution < -0.4 is 0 Å². The number of methoxy groups -OCH3 is 1. The first-order valence-corrected chi connectivity index (χ1v) is 3.60. The first kappa shape index (κ1) is 7.98. The molecule has 0 bridgehead atoms. The van der Waals surface area contributed by atoms with Gasteiger partial charge in [-0.05, 0) is 19.8 Å². The minimum Gasteiger partial charge on any atom is -0.376 e. The summed E-state index contributed by atoms with van der Waals surface area (Å²) < 4.78 is 10.1. The molecule has 0 saturated carbocycles. The lowest BCUT2D eigenvalue weighted by Crippen LogP contribution is -2.38. The van der Waals surface area contributed by atoms with Crippen molar-refractivity contribution in [2.75, 3.05) is 7.11 Å². The van der Waals surface area contributed by atoms with Crippen molar-refractivity contribution in [2.24, 2.45) is 0 Å². The number of ether oxygens (including phenoxy) is 2. The van der Waals surface area contributed by atoms with Crippen LogP contribution in [0.15, 0.2) is 0 Å². The van der Waals surface area contributed by atoms with E-state index in [1.165, 1.54) is 0 Å². The number of rotatable bonds is 1. The molecule has 3 heteroatoms. The van der Waals surface area contributed by atoms with Gasteiger partial charge in [-0.1, -0.05) is 0 Å². The third-order valence-electron chi connectivity index (χ3n) is 1.85. The lowest BCUT2D eigenvalue weighted by molar-refractivity contribution is -0.218. The quantitative estimate of drug-likeness (QED) is 0.586.